The summed E-state index contributed by atoms with van der Waals surface area (Å²) >= 11 is 12.8. The monoisotopic (exact) mass is 525 g/mol. The van der Waals surface area contributed by atoms with Crippen LogP contribution in [0.4, 0.5) is 0 Å². The van der Waals surface area contributed by atoms with Gasteiger partial charge in [-0.2, -0.15) is 0 Å². The van der Waals surface area contributed by atoms with Gasteiger partial charge in [-0.25, -0.2) is 0 Å². The molecule has 0 aliphatic carbocycles. The minimum Gasteiger partial charge on any atom is -0.497 e. The molecule has 0 N–H and O–H groups in total. The quantitative estimate of drug-likeness (QED) is 0.228. The van der Waals surface area contributed by atoms with E-state index in [0.717, 1.165) is 22.4 Å². The number of halogens is 1. The van der Waals surface area contributed by atoms with Crippen LogP contribution in [0.1, 0.15) is 23.6 Å². The van der Waals surface area contributed by atoms with Crippen molar-refractivity contribution >= 4 is 51.9 Å². The first kappa shape index (κ1) is 25.1. The fourth-order valence-corrected chi connectivity index (χ4v) is 4.96. The summed E-state index contributed by atoms with van der Waals surface area (Å²) in [6.45, 7) is 3.18. The fraction of sp³-hybridized carbons (Fsp3) is 0.185. The molecule has 0 unspecified atom stereocenters. The van der Waals surface area contributed by atoms with E-state index in [1.165, 1.54) is 11.8 Å². The van der Waals surface area contributed by atoms with Gasteiger partial charge in [0.25, 0.3) is 5.91 Å². The zero-order chi connectivity index (χ0) is 24.8. The van der Waals surface area contributed by atoms with Crippen molar-refractivity contribution in [3.05, 3.63) is 93.3 Å². The van der Waals surface area contributed by atoms with Crippen LogP contribution in [-0.4, -0.2) is 28.8 Å². The summed E-state index contributed by atoms with van der Waals surface area (Å²) in [7, 11) is 1.62. The van der Waals surface area contributed by atoms with E-state index in [-0.39, 0.29) is 5.91 Å². The molecule has 1 saturated heterocycles. The molecule has 3 aromatic carbocycles. The molecule has 35 heavy (non-hydrogen) atoms. The average molecular weight is 526 g/mol. The van der Waals surface area contributed by atoms with Crippen molar-refractivity contribution < 1.29 is 19.0 Å². The van der Waals surface area contributed by atoms with E-state index < -0.39 is 0 Å². The van der Waals surface area contributed by atoms with Crippen LogP contribution in [0.15, 0.2) is 71.6 Å². The van der Waals surface area contributed by atoms with E-state index >= 15 is 0 Å². The molecule has 1 amide bonds. The smallest absolute Gasteiger partial charge is 0.266 e. The minimum atomic E-state index is -0.116. The highest BCUT2D eigenvalue weighted by molar-refractivity contribution is 8.26. The van der Waals surface area contributed by atoms with E-state index in [0.29, 0.717) is 45.5 Å². The first-order chi connectivity index (χ1) is 17.0. The highest BCUT2D eigenvalue weighted by Crippen LogP contribution is 2.36. The molecular formula is C27H24ClNO4S2. The van der Waals surface area contributed by atoms with Gasteiger partial charge in [0.15, 0.2) is 11.5 Å². The van der Waals surface area contributed by atoms with Gasteiger partial charge in [-0.1, -0.05) is 65.9 Å². The van der Waals surface area contributed by atoms with Gasteiger partial charge in [-0.05, 0) is 66.1 Å². The number of nitrogens with zero attached hydrogens (tertiary/aromatic N) is 1. The van der Waals surface area contributed by atoms with Crippen LogP contribution in [0.3, 0.4) is 0 Å². The molecule has 0 atom stereocenters. The maximum absolute atomic E-state index is 13.1. The molecule has 1 aliphatic rings. The van der Waals surface area contributed by atoms with Gasteiger partial charge in [0.1, 0.15) is 16.7 Å². The lowest BCUT2D eigenvalue weighted by molar-refractivity contribution is -0.122. The average Bonchev–Trinajstić information content (AvgIpc) is 3.11. The largest absolute Gasteiger partial charge is 0.497 e. The third kappa shape index (κ3) is 6.36. The van der Waals surface area contributed by atoms with E-state index in [1.54, 1.807) is 12.0 Å². The molecule has 0 spiro atoms. The van der Waals surface area contributed by atoms with Crippen LogP contribution in [0.2, 0.25) is 5.02 Å². The summed E-state index contributed by atoms with van der Waals surface area (Å²) in [6.07, 6.45) is 1.83. The van der Waals surface area contributed by atoms with Gasteiger partial charge in [-0.15, -0.1) is 0 Å². The third-order valence-electron chi connectivity index (χ3n) is 5.22. The Labute approximate surface area is 219 Å². The Morgan fingerprint density at radius 1 is 1.00 bits per heavy atom. The maximum Gasteiger partial charge on any atom is 0.266 e. The summed E-state index contributed by atoms with van der Waals surface area (Å²) < 4.78 is 17.5. The number of thioether (sulfide) groups is 1. The van der Waals surface area contributed by atoms with Crippen LogP contribution in [0, 0.1) is 0 Å². The van der Waals surface area contributed by atoms with Crippen molar-refractivity contribution in [3.8, 4) is 17.2 Å². The molecule has 3 aromatic rings. The summed E-state index contributed by atoms with van der Waals surface area (Å²) in [5.74, 6) is 1.88. The molecule has 1 fully saturated rings. The Hall–Kier alpha value is -3.00. The summed E-state index contributed by atoms with van der Waals surface area (Å²) in [5, 5.41) is 0.663. The number of methoxy groups -OCH3 is 1. The predicted molar refractivity (Wildman–Crippen MR) is 145 cm³/mol. The number of benzene rings is 3. The lowest BCUT2D eigenvalue weighted by Crippen LogP contribution is -2.27. The van der Waals surface area contributed by atoms with Crippen LogP contribution in [-0.2, 0) is 17.9 Å². The van der Waals surface area contributed by atoms with Crippen LogP contribution in [0.5, 0.6) is 17.2 Å². The van der Waals surface area contributed by atoms with Crippen molar-refractivity contribution in [2.75, 3.05) is 13.7 Å². The van der Waals surface area contributed by atoms with Gasteiger partial charge in [0.05, 0.1) is 25.2 Å². The zero-order valence-electron chi connectivity index (χ0n) is 19.3. The van der Waals surface area contributed by atoms with E-state index in [1.807, 2.05) is 79.7 Å². The molecule has 1 heterocycles. The van der Waals surface area contributed by atoms with E-state index in [4.69, 9.17) is 38.0 Å². The highest BCUT2D eigenvalue weighted by Gasteiger charge is 2.32. The predicted octanol–water partition coefficient (Wildman–Crippen LogP) is 6.73. The molecule has 180 valence electrons. The molecule has 0 aromatic heterocycles. The second kappa shape index (κ2) is 11.6. The van der Waals surface area contributed by atoms with Gasteiger partial charge in [0.2, 0.25) is 0 Å². The SMILES string of the molecule is CCOc1cc(C=C2SC(=S)N(Cc3ccc(OC)cc3)C2=O)ccc1OCc1cccc(Cl)c1. The van der Waals surface area contributed by atoms with E-state index in [2.05, 4.69) is 0 Å². The Morgan fingerprint density at radius 3 is 2.51 bits per heavy atom. The fourth-order valence-electron chi connectivity index (χ4n) is 3.49. The van der Waals surface area contributed by atoms with Crippen molar-refractivity contribution in [1.82, 2.24) is 4.90 Å². The van der Waals surface area contributed by atoms with Crippen molar-refractivity contribution in [2.24, 2.45) is 0 Å². The highest BCUT2D eigenvalue weighted by atomic mass is 35.5. The molecule has 0 saturated carbocycles. The number of ether oxygens (including phenoxy) is 3. The Morgan fingerprint density at radius 2 is 1.80 bits per heavy atom. The number of carbonyl (C=O) groups is 1. The molecule has 0 radical (unpaired) electrons. The van der Waals surface area contributed by atoms with E-state index in [9.17, 15) is 4.79 Å². The standard InChI is InChI=1S/C27H24ClNO4S2/c1-3-32-24-14-19(9-12-23(24)33-17-20-5-4-6-21(28)13-20)15-25-26(30)29(27(34)35-25)16-18-7-10-22(31-2)11-8-18/h4-15H,3,16-17H2,1-2H3. The van der Waals surface area contributed by atoms with Crippen LogP contribution in [0.25, 0.3) is 6.08 Å². The molecule has 0 bridgehead atoms. The van der Waals surface area contributed by atoms with Gasteiger partial charge < -0.3 is 14.2 Å². The first-order valence-electron chi connectivity index (χ1n) is 11.0. The maximum atomic E-state index is 13.1. The second-order valence-electron chi connectivity index (χ2n) is 7.67. The number of hydrogen-bond acceptors (Lipinski definition) is 6. The van der Waals surface area contributed by atoms with Crippen molar-refractivity contribution in [2.45, 2.75) is 20.1 Å². The van der Waals surface area contributed by atoms with Gasteiger partial charge in [0, 0.05) is 5.02 Å². The summed E-state index contributed by atoms with van der Waals surface area (Å²) in [5.41, 5.74) is 2.77. The molecule has 8 heteroatoms. The molecule has 4 rings (SSSR count). The van der Waals surface area contributed by atoms with Crippen molar-refractivity contribution in [1.29, 1.82) is 0 Å². The van der Waals surface area contributed by atoms with Crippen molar-refractivity contribution in [3.63, 3.8) is 0 Å². The topological polar surface area (TPSA) is 48.0 Å². The first-order valence-corrected chi connectivity index (χ1v) is 12.6. The minimum absolute atomic E-state index is 0.116. The normalized spacial score (nSPS) is 14.5. The van der Waals surface area contributed by atoms with Crippen LogP contribution < -0.4 is 14.2 Å². The number of carbonyl (C=O) groups excluding carboxylic acids is 1. The Balaban J connectivity index is 1.49. The lowest BCUT2D eigenvalue weighted by Gasteiger charge is -2.14. The molecular weight excluding hydrogens is 502 g/mol. The summed E-state index contributed by atoms with van der Waals surface area (Å²) in [6, 6.07) is 20.7. The zero-order valence-corrected chi connectivity index (χ0v) is 21.7. The lowest BCUT2D eigenvalue weighted by atomic mass is 10.1. The number of rotatable bonds is 9. The molecule has 5 nitrogen and oxygen atoms in total. The van der Waals surface area contributed by atoms with Gasteiger partial charge in [-0.3, -0.25) is 9.69 Å². The Bertz CT molecular complexity index is 1260. The number of thiocarbonyl (C=S) groups is 1. The van der Waals surface area contributed by atoms with Gasteiger partial charge >= 0.3 is 0 Å². The van der Waals surface area contributed by atoms with Crippen LogP contribution >= 0.6 is 35.6 Å². The number of amides is 1. The summed E-state index contributed by atoms with van der Waals surface area (Å²) in [4.78, 5) is 15.2. The second-order valence-corrected chi connectivity index (χ2v) is 9.79. The third-order valence-corrected chi connectivity index (χ3v) is 6.83. The number of hydrogen-bond donors (Lipinski definition) is 0. The molecule has 1 aliphatic heterocycles. The Kier molecular flexibility index (Phi) is 8.33.